The third-order valence-electron chi connectivity index (χ3n) is 6.37. The van der Waals surface area contributed by atoms with Crippen molar-refractivity contribution in [2.75, 3.05) is 13.7 Å². The molecule has 1 N–H and O–H groups in total. The molecule has 0 saturated heterocycles. The van der Waals surface area contributed by atoms with Crippen LogP contribution in [-0.4, -0.2) is 19.6 Å². The van der Waals surface area contributed by atoms with Crippen molar-refractivity contribution in [1.29, 1.82) is 0 Å². The quantitative estimate of drug-likeness (QED) is 0.273. The summed E-state index contributed by atoms with van der Waals surface area (Å²) < 4.78 is 16.5. The number of furan rings is 1. The Labute approximate surface area is 212 Å². The topological polar surface area (TPSA) is 81.7 Å². The van der Waals surface area contributed by atoms with Crippen LogP contribution in [0.15, 0.2) is 80.6 Å². The third-order valence-corrected chi connectivity index (χ3v) is 6.62. The molecule has 0 unspecified atom stereocenters. The first-order valence-electron chi connectivity index (χ1n) is 11.6. The normalized spacial score (nSPS) is 11.2. The summed E-state index contributed by atoms with van der Waals surface area (Å²) in [6.07, 6.45) is 2.30. The van der Waals surface area contributed by atoms with Gasteiger partial charge >= 0.3 is 5.63 Å². The van der Waals surface area contributed by atoms with Gasteiger partial charge in [-0.1, -0.05) is 35.9 Å². The number of halogens is 1. The van der Waals surface area contributed by atoms with Crippen molar-refractivity contribution in [3.63, 3.8) is 0 Å². The number of carbonyl (C=O) groups excluding carboxylic acids is 1. The lowest BCUT2D eigenvalue weighted by molar-refractivity contribution is -0.120. The second kappa shape index (κ2) is 9.91. The van der Waals surface area contributed by atoms with Crippen LogP contribution in [-0.2, 0) is 17.6 Å². The summed E-state index contributed by atoms with van der Waals surface area (Å²) in [5.41, 5.74) is 4.53. The zero-order valence-electron chi connectivity index (χ0n) is 19.9. The summed E-state index contributed by atoms with van der Waals surface area (Å²) in [7, 11) is 1.62. The molecule has 7 heteroatoms. The van der Waals surface area contributed by atoms with E-state index in [2.05, 4.69) is 5.32 Å². The molecular weight excluding hydrogens is 478 g/mol. The number of carbonyl (C=O) groups is 1. The minimum atomic E-state index is -0.519. The molecule has 1 amide bonds. The Hall–Kier alpha value is -4.03. The molecule has 0 bridgehead atoms. The van der Waals surface area contributed by atoms with Crippen LogP contribution in [0.4, 0.5) is 0 Å². The Morgan fingerprint density at radius 3 is 2.47 bits per heavy atom. The minimum Gasteiger partial charge on any atom is -0.497 e. The van der Waals surface area contributed by atoms with E-state index in [1.54, 1.807) is 19.4 Å². The van der Waals surface area contributed by atoms with Gasteiger partial charge in [-0.3, -0.25) is 4.79 Å². The summed E-state index contributed by atoms with van der Waals surface area (Å²) in [4.78, 5) is 25.4. The lowest BCUT2D eigenvalue weighted by Gasteiger charge is -2.09. The van der Waals surface area contributed by atoms with Crippen molar-refractivity contribution in [1.82, 2.24) is 5.32 Å². The van der Waals surface area contributed by atoms with Crippen LogP contribution in [0.1, 0.15) is 16.7 Å². The molecule has 0 aliphatic carbocycles. The second-order valence-electron chi connectivity index (χ2n) is 8.62. The van der Waals surface area contributed by atoms with E-state index in [9.17, 15) is 9.59 Å². The molecule has 0 aliphatic heterocycles. The number of amides is 1. The molecule has 0 fully saturated rings. The van der Waals surface area contributed by atoms with Crippen LogP contribution >= 0.6 is 11.6 Å². The Kier molecular flexibility index (Phi) is 6.53. The van der Waals surface area contributed by atoms with Gasteiger partial charge in [-0.15, -0.1) is 0 Å². The van der Waals surface area contributed by atoms with Gasteiger partial charge in [0.05, 0.1) is 25.4 Å². The number of aryl methyl sites for hydroxylation is 1. The van der Waals surface area contributed by atoms with Crippen LogP contribution in [0.25, 0.3) is 33.1 Å². The lowest BCUT2D eigenvalue weighted by atomic mass is 9.99. The first kappa shape index (κ1) is 23.7. The second-order valence-corrected chi connectivity index (χ2v) is 9.06. The highest BCUT2D eigenvalue weighted by molar-refractivity contribution is 6.30. The first-order chi connectivity index (χ1) is 17.4. The predicted octanol–water partition coefficient (Wildman–Crippen LogP) is 6.08. The number of methoxy groups -OCH3 is 1. The Balaban J connectivity index is 1.38. The number of ether oxygens (including phenoxy) is 1. The average Bonchev–Trinajstić information content (AvgIpc) is 3.29. The molecular formula is C29H24ClNO5. The van der Waals surface area contributed by atoms with Gasteiger partial charge in [-0.25, -0.2) is 4.79 Å². The molecule has 2 aromatic heterocycles. The van der Waals surface area contributed by atoms with E-state index in [-0.39, 0.29) is 12.3 Å². The Bertz CT molecular complexity index is 1610. The van der Waals surface area contributed by atoms with Crippen LogP contribution in [0.3, 0.4) is 0 Å². The van der Waals surface area contributed by atoms with Gasteiger partial charge in [0.25, 0.3) is 0 Å². The van der Waals surface area contributed by atoms with Gasteiger partial charge in [0.15, 0.2) is 0 Å². The number of hydrogen-bond acceptors (Lipinski definition) is 5. The maximum atomic E-state index is 12.7. The van der Waals surface area contributed by atoms with Gasteiger partial charge in [-0.05, 0) is 60.4 Å². The fraction of sp³-hybridized carbons (Fsp3) is 0.172. The van der Waals surface area contributed by atoms with E-state index in [4.69, 9.17) is 25.2 Å². The molecule has 5 rings (SSSR count). The fourth-order valence-electron chi connectivity index (χ4n) is 4.33. The molecule has 0 aliphatic rings. The van der Waals surface area contributed by atoms with Crippen LogP contribution in [0.2, 0.25) is 5.02 Å². The molecule has 36 heavy (non-hydrogen) atoms. The molecule has 182 valence electrons. The number of rotatable bonds is 7. The predicted molar refractivity (Wildman–Crippen MR) is 141 cm³/mol. The lowest BCUT2D eigenvalue weighted by Crippen LogP contribution is -2.29. The van der Waals surface area contributed by atoms with Crippen molar-refractivity contribution in [2.45, 2.75) is 19.8 Å². The van der Waals surface area contributed by atoms with Crippen molar-refractivity contribution in [3.05, 3.63) is 99.1 Å². The third kappa shape index (κ3) is 4.72. The number of nitrogens with one attached hydrogen (secondary N) is 1. The van der Waals surface area contributed by atoms with Gasteiger partial charge in [0.2, 0.25) is 5.91 Å². The number of benzene rings is 3. The number of fused-ring (bicyclic) bond motifs is 2. The molecule has 0 saturated carbocycles. The van der Waals surface area contributed by atoms with Crippen molar-refractivity contribution < 1.29 is 18.4 Å². The van der Waals surface area contributed by atoms with E-state index in [1.165, 1.54) is 0 Å². The Morgan fingerprint density at radius 2 is 1.75 bits per heavy atom. The molecule has 0 spiro atoms. The zero-order chi connectivity index (χ0) is 25.2. The van der Waals surface area contributed by atoms with Crippen LogP contribution in [0.5, 0.6) is 5.75 Å². The summed E-state index contributed by atoms with van der Waals surface area (Å²) in [5.74, 6) is 0.554. The molecule has 0 atom stereocenters. The summed E-state index contributed by atoms with van der Waals surface area (Å²) >= 11 is 6.04. The van der Waals surface area contributed by atoms with E-state index >= 15 is 0 Å². The van der Waals surface area contributed by atoms with E-state index < -0.39 is 5.63 Å². The van der Waals surface area contributed by atoms with E-state index in [0.717, 1.165) is 38.8 Å². The standard InChI is InChI=1S/C29H24ClNO5/c1-17-22-13-24-25(19-5-7-20(30)8-6-19)16-35-26(24)15-27(22)36-29(33)23(17)14-28(32)31-12-11-18-3-9-21(34-2)10-4-18/h3-10,13,15-16H,11-12,14H2,1-2H3,(H,31,32). The highest BCUT2D eigenvalue weighted by Gasteiger charge is 2.18. The van der Waals surface area contributed by atoms with Crippen LogP contribution in [0, 0.1) is 6.92 Å². The van der Waals surface area contributed by atoms with Gasteiger partial charge < -0.3 is 18.9 Å². The zero-order valence-corrected chi connectivity index (χ0v) is 20.6. The highest BCUT2D eigenvalue weighted by Crippen LogP contribution is 2.35. The van der Waals surface area contributed by atoms with Crippen LogP contribution < -0.4 is 15.7 Å². The molecule has 5 aromatic rings. The molecule has 2 heterocycles. The van der Waals surface area contributed by atoms with E-state index in [0.29, 0.717) is 34.7 Å². The van der Waals surface area contributed by atoms with Crippen molar-refractivity contribution in [2.24, 2.45) is 0 Å². The van der Waals surface area contributed by atoms with Gasteiger partial charge in [0, 0.05) is 34.0 Å². The molecule has 3 aromatic carbocycles. The summed E-state index contributed by atoms with van der Waals surface area (Å²) in [5, 5.41) is 5.20. The largest absolute Gasteiger partial charge is 0.497 e. The fourth-order valence-corrected chi connectivity index (χ4v) is 4.45. The Morgan fingerprint density at radius 1 is 1.00 bits per heavy atom. The maximum absolute atomic E-state index is 12.7. The maximum Gasteiger partial charge on any atom is 0.340 e. The first-order valence-corrected chi connectivity index (χ1v) is 11.9. The van der Waals surface area contributed by atoms with Gasteiger partial charge in [-0.2, -0.15) is 0 Å². The number of hydrogen-bond donors (Lipinski definition) is 1. The van der Waals surface area contributed by atoms with Gasteiger partial charge in [0.1, 0.15) is 16.9 Å². The summed E-state index contributed by atoms with van der Waals surface area (Å²) in [6, 6.07) is 18.9. The smallest absolute Gasteiger partial charge is 0.340 e. The SMILES string of the molecule is COc1ccc(CCNC(=O)Cc2c(C)c3cc4c(-c5ccc(Cl)cc5)coc4cc3oc2=O)cc1. The van der Waals surface area contributed by atoms with Crippen molar-refractivity contribution >= 4 is 39.4 Å². The van der Waals surface area contributed by atoms with Crippen molar-refractivity contribution in [3.8, 4) is 16.9 Å². The monoisotopic (exact) mass is 501 g/mol. The summed E-state index contributed by atoms with van der Waals surface area (Å²) in [6.45, 7) is 2.30. The average molecular weight is 502 g/mol. The minimum absolute atomic E-state index is 0.0554. The molecule has 6 nitrogen and oxygen atoms in total. The molecule has 0 radical (unpaired) electrons. The highest BCUT2D eigenvalue weighted by atomic mass is 35.5. The van der Waals surface area contributed by atoms with E-state index in [1.807, 2.05) is 61.5 Å².